The van der Waals surface area contributed by atoms with Crippen molar-refractivity contribution in [1.29, 1.82) is 0 Å². The van der Waals surface area contributed by atoms with Gasteiger partial charge in [0.05, 0.1) is 0 Å². The average Bonchev–Trinajstić information content (AvgIpc) is 2.17. The molecule has 0 heterocycles. The van der Waals surface area contributed by atoms with E-state index in [-0.39, 0.29) is 0 Å². The molecule has 5 nitrogen and oxygen atoms in total. The number of rotatable bonds is 3. The number of ether oxygens (including phenoxy) is 1. The number of carboxylic acid groups (broad SMARTS) is 1. The van der Waals surface area contributed by atoms with E-state index in [1.165, 1.54) is 18.2 Å². The van der Waals surface area contributed by atoms with Crippen LogP contribution in [0.1, 0.15) is 0 Å². The Labute approximate surface area is 86.0 Å². The van der Waals surface area contributed by atoms with E-state index < -0.39 is 23.6 Å². The molecule has 0 saturated carbocycles. The lowest BCUT2D eigenvalue weighted by Gasteiger charge is -2.29. The number of allylic oxidation sites excluding steroid dienone is 2. The van der Waals surface area contributed by atoms with E-state index in [1.807, 2.05) is 0 Å². The SMILES string of the molecule is C=CC(=O)OC1(O)C=CC=CC1C(=O)O. The number of hydrogen-bond acceptors (Lipinski definition) is 4. The van der Waals surface area contributed by atoms with E-state index in [4.69, 9.17) is 5.11 Å². The maximum Gasteiger partial charge on any atom is 0.332 e. The monoisotopic (exact) mass is 210 g/mol. The number of carbonyl (C=O) groups is 2. The normalized spacial score (nSPS) is 28.5. The molecule has 1 aliphatic carbocycles. The topological polar surface area (TPSA) is 83.8 Å². The molecule has 15 heavy (non-hydrogen) atoms. The zero-order valence-electron chi connectivity index (χ0n) is 7.79. The predicted molar refractivity (Wildman–Crippen MR) is 50.6 cm³/mol. The fourth-order valence-electron chi connectivity index (χ4n) is 1.17. The van der Waals surface area contributed by atoms with Gasteiger partial charge in [0, 0.05) is 6.08 Å². The van der Waals surface area contributed by atoms with Gasteiger partial charge in [0.25, 0.3) is 0 Å². The number of hydrogen-bond donors (Lipinski definition) is 2. The highest BCUT2D eigenvalue weighted by Gasteiger charge is 2.42. The number of carbonyl (C=O) groups excluding carboxylic acids is 1. The van der Waals surface area contributed by atoms with Crippen molar-refractivity contribution in [2.24, 2.45) is 5.92 Å². The minimum Gasteiger partial charge on any atom is -0.481 e. The summed E-state index contributed by atoms with van der Waals surface area (Å²) in [7, 11) is 0. The summed E-state index contributed by atoms with van der Waals surface area (Å²) in [5.41, 5.74) is 0. The molecule has 2 N–H and O–H groups in total. The summed E-state index contributed by atoms with van der Waals surface area (Å²) >= 11 is 0. The van der Waals surface area contributed by atoms with Crippen LogP contribution in [0.2, 0.25) is 0 Å². The van der Waals surface area contributed by atoms with Crippen molar-refractivity contribution in [2.45, 2.75) is 5.79 Å². The molecule has 0 bridgehead atoms. The smallest absolute Gasteiger partial charge is 0.332 e. The zero-order chi connectivity index (χ0) is 11.5. The van der Waals surface area contributed by atoms with Crippen molar-refractivity contribution in [3.63, 3.8) is 0 Å². The average molecular weight is 210 g/mol. The lowest BCUT2D eigenvalue weighted by atomic mass is 9.94. The van der Waals surface area contributed by atoms with E-state index in [9.17, 15) is 14.7 Å². The van der Waals surface area contributed by atoms with Gasteiger partial charge < -0.3 is 14.9 Å². The van der Waals surface area contributed by atoms with Crippen molar-refractivity contribution in [3.8, 4) is 0 Å². The summed E-state index contributed by atoms with van der Waals surface area (Å²) in [5.74, 6) is -5.63. The van der Waals surface area contributed by atoms with Gasteiger partial charge in [0.2, 0.25) is 5.79 Å². The van der Waals surface area contributed by atoms with Crippen LogP contribution in [0.25, 0.3) is 0 Å². The maximum absolute atomic E-state index is 10.9. The van der Waals surface area contributed by atoms with Gasteiger partial charge in [-0.25, -0.2) is 4.79 Å². The van der Waals surface area contributed by atoms with Crippen LogP contribution < -0.4 is 0 Å². The van der Waals surface area contributed by atoms with Crippen molar-refractivity contribution < 1.29 is 24.5 Å². The molecule has 80 valence electrons. The first-order valence-corrected chi connectivity index (χ1v) is 4.16. The Morgan fingerprint density at radius 3 is 2.67 bits per heavy atom. The highest BCUT2D eigenvalue weighted by molar-refractivity contribution is 5.83. The Morgan fingerprint density at radius 2 is 2.13 bits per heavy atom. The van der Waals surface area contributed by atoms with E-state index in [1.54, 1.807) is 0 Å². The second kappa shape index (κ2) is 4.10. The van der Waals surface area contributed by atoms with Gasteiger partial charge >= 0.3 is 11.9 Å². The van der Waals surface area contributed by atoms with E-state index >= 15 is 0 Å². The molecule has 0 aromatic heterocycles. The molecule has 2 unspecified atom stereocenters. The van der Waals surface area contributed by atoms with E-state index in [2.05, 4.69) is 11.3 Å². The summed E-state index contributed by atoms with van der Waals surface area (Å²) < 4.78 is 4.58. The minimum absolute atomic E-state index is 0.850. The van der Waals surface area contributed by atoms with Crippen molar-refractivity contribution in [2.75, 3.05) is 0 Å². The van der Waals surface area contributed by atoms with Crippen LogP contribution in [0.5, 0.6) is 0 Å². The summed E-state index contributed by atoms with van der Waals surface area (Å²) in [6.07, 6.45) is 6.04. The van der Waals surface area contributed by atoms with Crippen LogP contribution in [0, 0.1) is 5.92 Å². The Balaban J connectivity index is 2.93. The molecular weight excluding hydrogens is 200 g/mol. The Morgan fingerprint density at radius 1 is 1.47 bits per heavy atom. The molecule has 0 aliphatic heterocycles. The molecule has 0 saturated heterocycles. The van der Waals surface area contributed by atoms with Crippen LogP contribution in [-0.2, 0) is 14.3 Å². The Kier molecular flexibility index (Phi) is 3.06. The van der Waals surface area contributed by atoms with Gasteiger partial charge in [-0.1, -0.05) is 24.8 Å². The second-order valence-electron chi connectivity index (χ2n) is 2.94. The van der Waals surface area contributed by atoms with Gasteiger partial charge in [-0.3, -0.25) is 4.79 Å². The number of aliphatic hydroxyl groups is 1. The lowest BCUT2D eigenvalue weighted by Crippen LogP contribution is -2.44. The molecule has 5 heteroatoms. The maximum atomic E-state index is 10.9. The molecule has 0 spiro atoms. The van der Waals surface area contributed by atoms with Gasteiger partial charge in [0.15, 0.2) is 0 Å². The number of esters is 1. The Hall–Kier alpha value is -1.88. The highest BCUT2D eigenvalue weighted by Crippen LogP contribution is 2.26. The third kappa shape index (κ3) is 2.32. The first-order chi connectivity index (χ1) is 6.99. The van der Waals surface area contributed by atoms with Gasteiger partial charge in [-0.2, -0.15) is 0 Å². The molecule has 0 amide bonds. The van der Waals surface area contributed by atoms with E-state index in [0.29, 0.717) is 0 Å². The first-order valence-electron chi connectivity index (χ1n) is 4.16. The fourth-order valence-corrected chi connectivity index (χ4v) is 1.17. The first kappa shape index (κ1) is 11.2. The van der Waals surface area contributed by atoms with Gasteiger partial charge in [-0.15, -0.1) is 0 Å². The standard InChI is InChI=1S/C10H10O5/c1-2-8(11)15-10(14)6-4-3-5-7(10)9(12)13/h2-7,14H,1H2,(H,12,13). The number of carboxylic acids is 1. The predicted octanol–water partition coefficient (Wildman–Crippen LogP) is 0.231. The Bertz CT molecular complexity index is 355. The van der Waals surface area contributed by atoms with Gasteiger partial charge in [-0.05, 0) is 6.08 Å². The zero-order valence-corrected chi connectivity index (χ0v) is 7.79. The molecular formula is C10H10O5. The molecule has 2 atom stereocenters. The minimum atomic E-state index is -2.15. The van der Waals surface area contributed by atoms with Gasteiger partial charge in [0.1, 0.15) is 5.92 Å². The van der Waals surface area contributed by atoms with Crippen LogP contribution in [0.15, 0.2) is 37.0 Å². The van der Waals surface area contributed by atoms with Crippen molar-refractivity contribution in [1.82, 2.24) is 0 Å². The van der Waals surface area contributed by atoms with Crippen LogP contribution in [0.4, 0.5) is 0 Å². The fraction of sp³-hybridized carbons (Fsp3) is 0.200. The largest absolute Gasteiger partial charge is 0.481 e. The molecule has 1 aliphatic rings. The third-order valence-electron chi connectivity index (χ3n) is 1.89. The van der Waals surface area contributed by atoms with Crippen LogP contribution in [-0.4, -0.2) is 27.9 Å². The molecule has 0 radical (unpaired) electrons. The molecule has 1 rings (SSSR count). The third-order valence-corrected chi connectivity index (χ3v) is 1.89. The highest BCUT2D eigenvalue weighted by atomic mass is 16.7. The summed E-state index contributed by atoms with van der Waals surface area (Å²) in [6.45, 7) is 3.15. The molecule has 0 fully saturated rings. The lowest BCUT2D eigenvalue weighted by molar-refractivity contribution is -0.202. The number of aliphatic carboxylic acids is 1. The van der Waals surface area contributed by atoms with Crippen molar-refractivity contribution >= 4 is 11.9 Å². The van der Waals surface area contributed by atoms with Crippen LogP contribution in [0.3, 0.4) is 0 Å². The van der Waals surface area contributed by atoms with Crippen LogP contribution >= 0.6 is 0 Å². The summed E-state index contributed by atoms with van der Waals surface area (Å²) in [4.78, 5) is 21.7. The molecule has 0 aromatic rings. The summed E-state index contributed by atoms with van der Waals surface area (Å²) in [5, 5.41) is 18.6. The summed E-state index contributed by atoms with van der Waals surface area (Å²) in [6, 6.07) is 0. The molecule has 0 aromatic carbocycles. The van der Waals surface area contributed by atoms with Crippen molar-refractivity contribution in [3.05, 3.63) is 37.0 Å². The second-order valence-corrected chi connectivity index (χ2v) is 2.94. The van der Waals surface area contributed by atoms with E-state index in [0.717, 1.165) is 12.2 Å². The quantitative estimate of drug-likeness (QED) is 0.396.